The number of hydrogen-bond donors (Lipinski definition) is 3. The zero-order valence-corrected chi connectivity index (χ0v) is 9.36. The van der Waals surface area contributed by atoms with E-state index in [0.717, 1.165) is 12.0 Å². The molecule has 0 unspecified atom stereocenters. The van der Waals surface area contributed by atoms with E-state index < -0.39 is 0 Å². The van der Waals surface area contributed by atoms with Crippen molar-refractivity contribution in [3.63, 3.8) is 0 Å². The summed E-state index contributed by atoms with van der Waals surface area (Å²) in [7, 11) is 0. The number of carbonyl (C=O) groups excluding carboxylic acids is 1. The average Bonchev–Trinajstić information content (AvgIpc) is 2.30. The van der Waals surface area contributed by atoms with Crippen molar-refractivity contribution in [2.45, 2.75) is 25.4 Å². The van der Waals surface area contributed by atoms with Gasteiger partial charge in [-0.15, -0.1) is 0 Å². The summed E-state index contributed by atoms with van der Waals surface area (Å²) in [4.78, 5) is 11.1. The van der Waals surface area contributed by atoms with Gasteiger partial charge in [0.25, 0.3) is 0 Å². The van der Waals surface area contributed by atoms with Gasteiger partial charge in [-0.25, -0.2) is 0 Å². The Bertz CT molecular complexity index is 313. The molecule has 0 fully saturated rings. The highest BCUT2D eigenvalue weighted by Gasteiger charge is 2.13. The molecule has 0 aliphatic carbocycles. The molecule has 0 spiro atoms. The fourth-order valence-corrected chi connectivity index (χ4v) is 1.50. The predicted molar refractivity (Wildman–Crippen MR) is 64.6 cm³/mol. The first kappa shape index (κ1) is 12.7. The van der Waals surface area contributed by atoms with Gasteiger partial charge in [0, 0.05) is 6.54 Å². The Morgan fingerprint density at radius 2 is 2.00 bits per heavy atom. The molecule has 0 saturated heterocycles. The molecule has 1 amide bonds. The van der Waals surface area contributed by atoms with Gasteiger partial charge in [-0.1, -0.05) is 30.3 Å². The summed E-state index contributed by atoms with van der Waals surface area (Å²) in [6.45, 7) is 1.23. The first-order valence-corrected chi connectivity index (χ1v) is 5.50. The van der Waals surface area contributed by atoms with Crippen molar-refractivity contribution in [3.05, 3.63) is 35.9 Å². The molecule has 1 atom stereocenters. The standard InChI is InChI=1S/C12H19N3O/c13-8-4-7-11(12(14)16)15-9-10-5-2-1-3-6-10/h1-3,5-6,11,15H,4,7-9,13H2,(H2,14,16)/t11-/m0/s1. The lowest BCUT2D eigenvalue weighted by molar-refractivity contribution is -0.120. The van der Waals surface area contributed by atoms with E-state index in [1.807, 2.05) is 30.3 Å². The van der Waals surface area contributed by atoms with E-state index in [-0.39, 0.29) is 11.9 Å². The molecule has 0 heterocycles. The summed E-state index contributed by atoms with van der Waals surface area (Å²) in [5, 5.41) is 3.14. The quantitative estimate of drug-likeness (QED) is 0.622. The second-order valence-electron chi connectivity index (χ2n) is 3.75. The summed E-state index contributed by atoms with van der Waals surface area (Å²) in [5.41, 5.74) is 11.8. The lowest BCUT2D eigenvalue weighted by Crippen LogP contribution is -2.41. The Balaban J connectivity index is 2.41. The van der Waals surface area contributed by atoms with Crippen LogP contribution in [0.1, 0.15) is 18.4 Å². The first-order chi connectivity index (χ1) is 7.74. The average molecular weight is 221 g/mol. The topological polar surface area (TPSA) is 81.1 Å². The Kier molecular flexibility index (Phi) is 5.53. The van der Waals surface area contributed by atoms with Crippen LogP contribution in [0.4, 0.5) is 0 Å². The highest BCUT2D eigenvalue weighted by Crippen LogP contribution is 2.01. The summed E-state index contributed by atoms with van der Waals surface area (Å²) in [6.07, 6.45) is 1.49. The van der Waals surface area contributed by atoms with Crippen molar-refractivity contribution in [1.82, 2.24) is 5.32 Å². The van der Waals surface area contributed by atoms with E-state index in [4.69, 9.17) is 11.5 Å². The minimum absolute atomic E-state index is 0.288. The monoisotopic (exact) mass is 221 g/mol. The summed E-state index contributed by atoms with van der Waals surface area (Å²) < 4.78 is 0. The Morgan fingerprint density at radius 1 is 1.31 bits per heavy atom. The molecule has 0 aromatic heterocycles. The molecule has 4 nitrogen and oxygen atoms in total. The maximum Gasteiger partial charge on any atom is 0.234 e. The molecule has 0 radical (unpaired) electrons. The van der Waals surface area contributed by atoms with Crippen molar-refractivity contribution < 1.29 is 4.79 Å². The van der Waals surface area contributed by atoms with Gasteiger partial charge in [0.1, 0.15) is 0 Å². The molecule has 4 heteroatoms. The van der Waals surface area contributed by atoms with E-state index in [2.05, 4.69) is 5.32 Å². The van der Waals surface area contributed by atoms with Crippen LogP contribution in [-0.2, 0) is 11.3 Å². The molecule has 0 saturated carbocycles. The first-order valence-electron chi connectivity index (χ1n) is 5.50. The molecular weight excluding hydrogens is 202 g/mol. The van der Waals surface area contributed by atoms with Crippen LogP contribution in [0.2, 0.25) is 0 Å². The highest BCUT2D eigenvalue weighted by atomic mass is 16.1. The number of benzene rings is 1. The van der Waals surface area contributed by atoms with E-state index >= 15 is 0 Å². The van der Waals surface area contributed by atoms with Crippen molar-refractivity contribution >= 4 is 5.91 Å². The third kappa shape index (κ3) is 4.42. The zero-order valence-electron chi connectivity index (χ0n) is 9.36. The second-order valence-corrected chi connectivity index (χ2v) is 3.75. The molecule has 0 aliphatic heterocycles. The van der Waals surface area contributed by atoms with Gasteiger partial charge in [-0.3, -0.25) is 4.79 Å². The highest BCUT2D eigenvalue weighted by molar-refractivity contribution is 5.79. The lowest BCUT2D eigenvalue weighted by Gasteiger charge is -2.14. The van der Waals surface area contributed by atoms with Crippen LogP contribution in [0.5, 0.6) is 0 Å². The molecule has 16 heavy (non-hydrogen) atoms. The van der Waals surface area contributed by atoms with Gasteiger partial charge in [0.2, 0.25) is 5.91 Å². The van der Waals surface area contributed by atoms with Crippen LogP contribution >= 0.6 is 0 Å². The van der Waals surface area contributed by atoms with Crippen LogP contribution in [0.25, 0.3) is 0 Å². The summed E-state index contributed by atoms with van der Waals surface area (Å²) >= 11 is 0. The molecule has 1 aromatic rings. The molecule has 1 rings (SSSR count). The predicted octanol–water partition coefficient (Wildman–Crippen LogP) is 0.369. The Hall–Kier alpha value is -1.39. The largest absolute Gasteiger partial charge is 0.368 e. The van der Waals surface area contributed by atoms with Crippen molar-refractivity contribution in [2.24, 2.45) is 11.5 Å². The van der Waals surface area contributed by atoms with Crippen LogP contribution < -0.4 is 16.8 Å². The number of rotatable bonds is 7. The number of carbonyl (C=O) groups is 1. The van der Waals surface area contributed by atoms with E-state index in [1.54, 1.807) is 0 Å². The van der Waals surface area contributed by atoms with Gasteiger partial charge in [-0.05, 0) is 24.9 Å². The number of amides is 1. The van der Waals surface area contributed by atoms with Crippen LogP contribution in [0.3, 0.4) is 0 Å². The van der Waals surface area contributed by atoms with Crippen LogP contribution in [-0.4, -0.2) is 18.5 Å². The van der Waals surface area contributed by atoms with Crippen molar-refractivity contribution in [3.8, 4) is 0 Å². The number of hydrogen-bond acceptors (Lipinski definition) is 3. The normalized spacial score (nSPS) is 12.3. The van der Waals surface area contributed by atoms with E-state index in [1.165, 1.54) is 0 Å². The van der Waals surface area contributed by atoms with Gasteiger partial charge in [0.05, 0.1) is 6.04 Å². The van der Waals surface area contributed by atoms with E-state index in [9.17, 15) is 4.79 Å². The third-order valence-corrected chi connectivity index (χ3v) is 2.44. The smallest absolute Gasteiger partial charge is 0.234 e. The summed E-state index contributed by atoms with van der Waals surface area (Å²) in [6, 6.07) is 9.63. The minimum atomic E-state index is -0.315. The van der Waals surface area contributed by atoms with Crippen molar-refractivity contribution in [2.75, 3.05) is 6.54 Å². The van der Waals surface area contributed by atoms with Gasteiger partial charge in [-0.2, -0.15) is 0 Å². The van der Waals surface area contributed by atoms with Crippen LogP contribution in [0.15, 0.2) is 30.3 Å². The van der Waals surface area contributed by atoms with Gasteiger partial charge < -0.3 is 16.8 Å². The molecular formula is C12H19N3O. The van der Waals surface area contributed by atoms with Gasteiger partial charge >= 0.3 is 0 Å². The molecule has 5 N–H and O–H groups in total. The fraction of sp³-hybridized carbons (Fsp3) is 0.417. The Labute approximate surface area is 96.0 Å². The second kappa shape index (κ2) is 6.98. The van der Waals surface area contributed by atoms with Gasteiger partial charge in [0.15, 0.2) is 0 Å². The van der Waals surface area contributed by atoms with E-state index in [0.29, 0.717) is 19.5 Å². The number of nitrogens with one attached hydrogen (secondary N) is 1. The molecule has 0 bridgehead atoms. The molecule has 0 aliphatic rings. The molecule has 1 aromatic carbocycles. The SMILES string of the molecule is NCCC[C@H](NCc1ccccc1)C(N)=O. The minimum Gasteiger partial charge on any atom is -0.368 e. The van der Waals surface area contributed by atoms with Crippen molar-refractivity contribution in [1.29, 1.82) is 0 Å². The zero-order chi connectivity index (χ0) is 11.8. The number of nitrogens with two attached hydrogens (primary N) is 2. The fourth-order valence-electron chi connectivity index (χ4n) is 1.50. The maximum absolute atomic E-state index is 11.1. The molecule has 88 valence electrons. The third-order valence-electron chi connectivity index (χ3n) is 2.44. The lowest BCUT2D eigenvalue weighted by atomic mass is 10.1. The summed E-state index contributed by atoms with van der Waals surface area (Å²) in [5.74, 6) is -0.315. The maximum atomic E-state index is 11.1. The Morgan fingerprint density at radius 3 is 2.56 bits per heavy atom. The number of primary amides is 1. The van der Waals surface area contributed by atoms with Crippen LogP contribution in [0, 0.1) is 0 Å².